The number of fused-ring (bicyclic) bond motifs is 1. The van der Waals surface area contributed by atoms with E-state index in [0.29, 0.717) is 0 Å². The van der Waals surface area contributed by atoms with Crippen LogP contribution in [0.15, 0.2) is 22.8 Å². The second-order valence-corrected chi connectivity index (χ2v) is 5.09. The van der Waals surface area contributed by atoms with Gasteiger partial charge in [-0.1, -0.05) is 0 Å². The Morgan fingerprint density at radius 2 is 2.29 bits per heavy atom. The predicted octanol–water partition coefficient (Wildman–Crippen LogP) is 3.64. The maximum Gasteiger partial charge on any atom is 0.150 e. The molecule has 90 valence electrons. The Kier molecular flexibility index (Phi) is 2.88. The zero-order valence-electron chi connectivity index (χ0n) is 9.20. The SMILES string of the molecule is Fc1cc(Br)c2cnn(C3CCCCO3)c2c1. The average Bonchev–Trinajstić information content (AvgIpc) is 2.74. The zero-order valence-corrected chi connectivity index (χ0v) is 10.8. The Morgan fingerprint density at radius 1 is 1.41 bits per heavy atom. The van der Waals surface area contributed by atoms with Crippen molar-refractivity contribution in [3.63, 3.8) is 0 Å². The molecule has 3 nitrogen and oxygen atoms in total. The number of hydrogen-bond donors (Lipinski definition) is 0. The van der Waals surface area contributed by atoms with Crippen LogP contribution >= 0.6 is 15.9 Å². The Morgan fingerprint density at radius 3 is 3.06 bits per heavy atom. The number of halogens is 2. The molecule has 0 bridgehead atoms. The van der Waals surface area contributed by atoms with Crippen LogP contribution in [0, 0.1) is 5.82 Å². The molecule has 1 atom stereocenters. The van der Waals surface area contributed by atoms with Crippen molar-refractivity contribution >= 4 is 26.8 Å². The fourth-order valence-electron chi connectivity index (χ4n) is 2.22. The highest BCUT2D eigenvalue weighted by molar-refractivity contribution is 9.10. The van der Waals surface area contributed by atoms with Crippen LogP contribution in [-0.2, 0) is 4.74 Å². The van der Waals surface area contributed by atoms with Crippen LogP contribution in [0.4, 0.5) is 4.39 Å². The van der Waals surface area contributed by atoms with Crippen molar-refractivity contribution in [2.75, 3.05) is 6.61 Å². The molecule has 0 N–H and O–H groups in total. The van der Waals surface area contributed by atoms with E-state index >= 15 is 0 Å². The molecule has 3 rings (SSSR count). The number of benzene rings is 1. The third-order valence-electron chi connectivity index (χ3n) is 3.06. The Bertz CT molecular complexity index is 549. The zero-order chi connectivity index (χ0) is 11.8. The second-order valence-electron chi connectivity index (χ2n) is 4.23. The number of nitrogens with zero attached hydrogens (tertiary/aromatic N) is 2. The third-order valence-corrected chi connectivity index (χ3v) is 3.72. The molecule has 2 heterocycles. The van der Waals surface area contributed by atoms with Gasteiger partial charge in [0.1, 0.15) is 5.82 Å². The molecule has 0 saturated carbocycles. The van der Waals surface area contributed by atoms with E-state index in [4.69, 9.17) is 4.74 Å². The highest BCUT2D eigenvalue weighted by atomic mass is 79.9. The van der Waals surface area contributed by atoms with Gasteiger partial charge in [0, 0.05) is 16.5 Å². The minimum Gasteiger partial charge on any atom is -0.356 e. The predicted molar refractivity (Wildman–Crippen MR) is 66.2 cm³/mol. The van der Waals surface area contributed by atoms with E-state index in [1.807, 2.05) is 0 Å². The Labute approximate surface area is 107 Å². The quantitative estimate of drug-likeness (QED) is 0.804. The topological polar surface area (TPSA) is 27.1 Å². The van der Waals surface area contributed by atoms with E-state index in [9.17, 15) is 4.39 Å². The summed E-state index contributed by atoms with van der Waals surface area (Å²) in [4.78, 5) is 0. The Hall–Kier alpha value is -0.940. The number of rotatable bonds is 1. The molecule has 1 aromatic heterocycles. The normalized spacial score (nSPS) is 20.9. The van der Waals surface area contributed by atoms with Crippen LogP contribution in [0.1, 0.15) is 25.5 Å². The van der Waals surface area contributed by atoms with E-state index in [0.717, 1.165) is 41.2 Å². The van der Waals surface area contributed by atoms with E-state index in [-0.39, 0.29) is 12.0 Å². The maximum absolute atomic E-state index is 13.4. The molecule has 17 heavy (non-hydrogen) atoms. The second kappa shape index (κ2) is 4.38. The first-order valence-electron chi connectivity index (χ1n) is 5.69. The van der Waals surface area contributed by atoms with E-state index < -0.39 is 0 Å². The lowest BCUT2D eigenvalue weighted by Gasteiger charge is -2.23. The summed E-state index contributed by atoms with van der Waals surface area (Å²) in [5.41, 5.74) is 0.781. The van der Waals surface area contributed by atoms with Crippen LogP contribution in [-0.4, -0.2) is 16.4 Å². The summed E-state index contributed by atoms with van der Waals surface area (Å²) in [6, 6.07) is 2.96. The number of ether oxygens (including phenoxy) is 1. The van der Waals surface area contributed by atoms with Gasteiger partial charge >= 0.3 is 0 Å². The summed E-state index contributed by atoms with van der Waals surface area (Å²) in [6.45, 7) is 0.752. The fourth-order valence-corrected chi connectivity index (χ4v) is 2.74. The van der Waals surface area contributed by atoms with Crippen LogP contribution < -0.4 is 0 Å². The molecule has 1 fully saturated rings. The van der Waals surface area contributed by atoms with E-state index in [1.54, 1.807) is 10.9 Å². The largest absolute Gasteiger partial charge is 0.356 e. The number of aromatic nitrogens is 2. The van der Waals surface area contributed by atoms with Crippen molar-refractivity contribution in [2.45, 2.75) is 25.5 Å². The van der Waals surface area contributed by atoms with Crippen LogP contribution in [0.2, 0.25) is 0 Å². The van der Waals surface area contributed by atoms with Gasteiger partial charge in [0.15, 0.2) is 6.23 Å². The molecule has 1 aliphatic rings. The molecule has 0 spiro atoms. The molecular formula is C12H12BrFN2O. The molecule has 1 aromatic carbocycles. The lowest BCUT2D eigenvalue weighted by atomic mass is 10.2. The highest BCUT2D eigenvalue weighted by Crippen LogP contribution is 2.30. The van der Waals surface area contributed by atoms with E-state index in [2.05, 4.69) is 21.0 Å². The van der Waals surface area contributed by atoms with Crippen molar-refractivity contribution in [1.29, 1.82) is 0 Å². The van der Waals surface area contributed by atoms with Crippen LogP contribution in [0.5, 0.6) is 0 Å². The van der Waals surface area contributed by atoms with Crippen LogP contribution in [0.3, 0.4) is 0 Å². The third kappa shape index (κ3) is 1.98. The lowest BCUT2D eigenvalue weighted by molar-refractivity contribution is -0.0366. The molecule has 1 saturated heterocycles. The molecule has 0 radical (unpaired) electrons. The van der Waals surface area contributed by atoms with Gasteiger partial charge in [-0.15, -0.1) is 0 Å². The molecule has 0 aliphatic carbocycles. The Balaban J connectivity index is 2.10. The van der Waals surface area contributed by atoms with Gasteiger partial charge < -0.3 is 4.74 Å². The fraction of sp³-hybridized carbons (Fsp3) is 0.417. The summed E-state index contributed by atoms with van der Waals surface area (Å²) >= 11 is 3.35. The molecule has 1 aliphatic heterocycles. The van der Waals surface area contributed by atoms with Gasteiger partial charge in [0.25, 0.3) is 0 Å². The van der Waals surface area contributed by atoms with Crippen molar-refractivity contribution in [3.8, 4) is 0 Å². The first kappa shape index (κ1) is 11.2. The van der Waals surface area contributed by atoms with Gasteiger partial charge in [-0.2, -0.15) is 5.10 Å². The summed E-state index contributed by atoms with van der Waals surface area (Å²) in [5.74, 6) is -0.262. The molecule has 2 aromatic rings. The average molecular weight is 299 g/mol. The van der Waals surface area contributed by atoms with Gasteiger partial charge in [-0.25, -0.2) is 9.07 Å². The van der Waals surface area contributed by atoms with Gasteiger partial charge in [0.2, 0.25) is 0 Å². The van der Waals surface area contributed by atoms with Crippen molar-refractivity contribution in [3.05, 3.63) is 28.6 Å². The van der Waals surface area contributed by atoms with Crippen molar-refractivity contribution in [1.82, 2.24) is 9.78 Å². The minimum atomic E-state index is -0.262. The molecule has 1 unspecified atom stereocenters. The summed E-state index contributed by atoms with van der Waals surface area (Å²) in [6.07, 6.45) is 4.84. The summed E-state index contributed by atoms with van der Waals surface area (Å²) < 4.78 is 21.6. The van der Waals surface area contributed by atoms with Crippen LogP contribution in [0.25, 0.3) is 10.9 Å². The van der Waals surface area contributed by atoms with E-state index in [1.165, 1.54) is 12.1 Å². The molecule has 5 heteroatoms. The first-order chi connectivity index (χ1) is 8.25. The molecular weight excluding hydrogens is 287 g/mol. The van der Waals surface area contributed by atoms with Gasteiger partial charge in [-0.05, 0) is 47.3 Å². The standard InChI is InChI=1S/C12H12BrFN2O/c13-10-5-8(14)6-11-9(10)7-15-16(11)12-3-1-2-4-17-12/h5-7,12H,1-4H2. The summed E-state index contributed by atoms with van der Waals surface area (Å²) in [5, 5.41) is 5.23. The minimum absolute atomic E-state index is 0.0602. The van der Waals surface area contributed by atoms with Gasteiger partial charge in [0.05, 0.1) is 11.7 Å². The summed E-state index contributed by atoms with van der Waals surface area (Å²) in [7, 11) is 0. The maximum atomic E-state index is 13.4. The lowest BCUT2D eigenvalue weighted by Crippen LogP contribution is -2.18. The van der Waals surface area contributed by atoms with Crippen molar-refractivity contribution in [2.24, 2.45) is 0 Å². The molecule has 0 amide bonds. The monoisotopic (exact) mass is 298 g/mol. The number of hydrogen-bond acceptors (Lipinski definition) is 2. The van der Waals surface area contributed by atoms with Gasteiger partial charge in [-0.3, -0.25) is 0 Å². The first-order valence-corrected chi connectivity index (χ1v) is 6.49. The smallest absolute Gasteiger partial charge is 0.150 e. The van der Waals surface area contributed by atoms with Crippen molar-refractivity contribution < 1.29 is 9.13 Å². The highest BCUT2D eigenvalue weighted by Gasteiger charge is 2.19.